The summed E-state index contributed by atoms with van der Waals surface area (Å²) in [5.41, 5.74) is 1.17. The van der Waals surface area contributed by atoms with Crippen molar-refractivity contribution in [2.24, 2.45) is 0 Å². The third-order valence-electron chi connectivity index (χ3n) is 4.00. The lowest BCUT2D eigenvalue weighted by molar-refractivity contribution is -0.0861. The Labute approximate surface area is 146 Å². The molecule has 0 bridgehead atoms. The summed E-state index contributed by atoms with van der Waals surface area (Å²) in [4.78, 5) is 2.26. The second-order valence-corrected chi connectivity index (χ2v) is 6.27. The topological polar surface area (TPSA) is 41.9 Å². The molecule has 1 N–H and O–H groups in total. The molecule has 2 rings (SSSR count). The first-order valence-corrected chi connectivity index (χ1v) is 8.31. The Morgan fingerprint density at radius 3 is 2.39 bits per heavy atom. The Morgan fingerprint density at radius 1 is 1.22 bits per heavy atom. The standard InChI is InChI=1S/C18H29NO3.ClH/c1-4-18(16-8-6-5-7-9-16)21-13-17(20)12-19-10-14(2)22-15(3)11-19;/h5-9,14-15,17-18,20H,4,10-13H2,1-3H3;1H. The van der Waals surface area contributed by atoms with Gasteiger partial charge in [-0.25, -0.2) is 0 Å². The second-order valence-electron chi connectivity index (χ2n) is 6.27. The fourth-order valence-corrected chi connectivity index (χ4v) is 3.13. The maximum Gasteiger partial charge on any atom is 0.0900 e. The summed E-state index contributed by atoms with van der Waals surface area (Å²) in [5, 5.41) is 10.3. The van der Waals surface area contributed by atoms with Gasteiger partial charge in [0.25, 0.3) is 0 Å². The van der Waals surface area contributed by atoms with Gasteiger partial charge in [-0.3, -0.25) is 4.90 Å². The minimum atomic E-state index is -0.463. The van der Waals surface area contributed by atoms with Crippen LogP contribution < -0.4 is 0 Å². The van der Waals surface area contributed by atoms with Crippen LogP contribution in [0.2, 0.25) is 0 Å². The number of β-amino-alcohol motifs (C(OH)–C–C–N with tert-alkyl or cyclic N) is 1. The molecule has 0 aromatic heterocycles. The molecule has 5 heteroatoms. The largest absolute Gasteiger partial charge is 0.389 e. The second kappa shape index (κ2) is 10.3. The highest BCUT2D eigenvalue weighted by Gasteiger charge is 2.24. The molecule has 1 aliphatic rings. The molecule has 0 amide bonds. The molecule has 1 heterocycles. The summed E-state index contributed by atoms with van der Waals surface area (Å²) in [7, 11) is 0. The van der Waals surface area contributed by atoms with Crippen molar-refractivity contribution >= 4 is 12.4 Å². The monoisotopic (exact) mass is 343 g/mol. The van der Waals surface area contributed by atoms with Crippen molar-refractivity contribution < 1.29 is 14.6 Å². The Balaban J connectivity index is 0.00000264. The van der Waals surface area contributed by atoms with Crippen LogP contribution in [-0.2, 0) is 9.47 Å². The van der Waals surface area contributed by atoms with E-state index in [1.54, 1.807) is 0 Å². The molecule has 0 radical (unpaired) electrons. The van der Waals surface area contributed by atoms with Crippen LogP contribution in [0, 0.1) is 0 Å². The molecule has 4 unspecified atom stereocenters. The number of hydrogen-bond acceptors (Lipinski definition) is 4. The Kier molecular flexibility index (Phi) is 9.10. The van der Waals surface area contributed by atoms with Crippen molar-refractivity contribution in [3.8, 4) is 0 Å². The van der Waals surface area contributed by atoms with Crippen molar-refractivity contribution in [3.63, 3.8) is 0 Å². The third-order valence-corrected chi connectivity index (χ3v) is 4.00. The van der Waals surface area contributed by atoms with E-state index in [9.17, 15) is 5.11 Å². The number of morpholine rings is 1. The first-order valence-electron chi connectivity index (χ1n) is 8.31. The molecule has 1 aromatic carbocycles. The number of aliphatic hydroxyl groups is 1. The zero-order valence-electron chi connectivity index (χ0n) is 14.4. The minimum Gasteiger partial charge on any atom is -0.389 e. The Morgan fingerprint density at radius 2 is 1.83 bits per heavy atom. The van der Waals surface area contributed by atoms with E-state index in [4.69, 9.17) is 9.47 Å². The molecule has 1 fully saturated rings. The van der Waals surface area contributed by atoms with E-state index < -0.39 is 6.10 Å². The van der Waals surface area contributed by atoms with E-state index in [-0.39, 0.29) is 30.7 Å². The number of benzene rings is 1. The minimum absolute atomic E-state index is 0. The Bertz CT molecular complexity index is 422. The first-order chi connectivity index (χ1) is 10.6. The number of ether oxygens (including phenoxy) is 2. The van der Waals surface area contributed by atoms with Crippen molar-refractivity contribution in [1.82, 2.24) is 4.90 Å². The maximum atomic E-state index is 10.3. The van der Waals surface area contributed by atoms with Gasteiger partial charge in [0.05, 0.1) is 31.0 Å². The summed E-state index contributed by atoms with van der Waals surface area (Å²) in [5.74, 6) is 0. The lowest BCUT2D eigenvalue weighted by atomic mass is 10.1. The first kappa shape index (κ1) is 20.4. The predicted octanol–water partition coefficient (Wildman–Crippen LogP) is 3.05. The van der Waals surface area contributed by atoms with Gasteiger partial charge in [-0.1, -0.05) is 37.3 Å². The summed E-state index contributed by atoms with van der Waals surface area (Å²) >= 11 is 0. The van der Waals surface area contributed by atoms with Crippen LogP contribution in [0.25, 0.3) is 0 Å². The lowest BCUT2D eigenvalue weighted by Gasteiger charge is -2.36. The van der Waals surface area contributed by atoms with Crippen LogP contribution in [0.4, 0.5) is 0 Å². The zero-order valence-corrected chi connectivity index (χ0v) is 15.2. The number of hydrogen-bond donors (Lipinski definition) is 1. The zero-order chi connectivity index (χ0) is 15.9. The van der Waals surface area contributed by atoms with E-state index in [1.807, 2.05) is 18.2 Å². The number of aliphatic hydroxyl groups excluding tert-OH is 1. The molecule has 132 valence electrons. The van der Waals surface area contributed by atoms with Crippen LogP contribution >= 0.6 is 12.4 Å². The van der Waals surface area contributed by atoms with Crippen molar-refractivity contribution in [2.45, 2.75) is 51.6 Å². The molecule has 1 aromatic rings. The maximum absolute atomic E-state index is 10.3. The van der Waals surface area contributed by atoms with E-state index >= 15 is 0 Å². The molecular formula is C18H30ClNO3. The van der Waals surface area contributed by atoms with E-state index in [0.717, 1.165) is 19.5 Å². The van der Waals surface area contributed by atoms with E-state index in [1.165, 1.54) is 5.56 Å². The molecule has 1 saturated heterocycles. The molecular weight excluding hydrogens is 314 g/mol. The fourth-order valence-electron chi connectivity index (χ4n) is 3.13. The fraction of sp³-hybridized carbons (Fsp3) is 0.667. The molecule has 0 spiro atoms. The van der Waals surface area contributed by atoms with Crippen molar-refractivity contribution in [2.75, 3.05) is 26.2 Å². The third kappa shape index (κ3) is 6.77. The smallest absolute Gasteiger partial charge is 0.0900 e. The van der Waals surface area contributed by atoms with Crippen LogP contribution in [0.3, 0.4) is 0 Å². The summed E-state index contributed by atoms with van der Waals surface area (Å²) in [6, 6.07) is 10.2. The average Bonchev–Trinajstić information content (AvgIpc) is 2.48. The number of halogens is 1. The lowest BCUT2D eigenvalue weighted by Crippen LogP contribution is -2.48. The SMILES string of the molecule is CCC(OCC(O)CN1CC(C)OC(C)C1)c1ccccc1.Cl. The van der Waals surface area contributed by atoms with Gasteiger partial charge in [-0.2, -0.15) is 0 Å². The van der Waals surface area contributed by atoms with Crippen molar-refractivity contribution in [3.05, 3.63) is 35.9 Å². The summed E-state index contributed by atoms with van der Waals surface area (Å²) in [6.45, 7) is 9.02. The Hall–Kier alpha value is -0.650. The summed E-state index contributed by atoms with van der Waals surface area (Å²) < 4.78 is 11.6. The molecule has 0 saturated carbocycles. The van der Waals surface area contributed by atoms with Crippen LogP contribution in [0.15, 0.2) is 30.3 Å². The van der Waals surface area contributed by atoms with Gasteiger partial charge in [0.2, 0.25) is 0 Å². The predicted molar refractivity (Wildman–Crippen MR) is 95.1 cm³/mol. The molecule has 4 atom stereocenters. The van der Waals surface area contributed by atoms with E-state index in [2.05, 4.69) is 37.8 Å². The van der Waals surface area contributed by atoms with Crippen molar-refractivity contribution in [1.29, 1.82) is 0 Å². The highest BCUT2D eigenvalue weighted by Crippen LogP contribution is 2.21. The van der Waals surface area contributed by atoms with Gasteiger partial charge in [0, 0.05) is 19.6 Å². The van der Waals surface area contributed by atoms with Gasteiger partial charge in [0.15, 0.2) is 0 Å². The quantitative estimate of drug-likeness (QED) is 0.826. The van der Waals surface area contributed by atoms with Gasteiger partial charge in [-0.05, 0) is 25.8 Å². The van der Waals surface area contributed by atoms with Gasteiger partial charge >= 0.3 is 0 Å². The van der Waals surface area contributed by atoms with Gasteiger partial charge < -0.3 is 14.6 Å². The molecule has 4 nitrogen and oxygen atoms in total. The molecule has 23 heavy (non-hydrogen) atoms. The van der Waals surface area contributed by atoms with E-state index in [0.29, 0.717) is 13.2 Å². The molecule has 0 aliphatic carbocycles. The summed E-state index contributed by atoms with van der Waals surface area (Å²) in [6.07, 6.45) is 0.949. The van der Waals surface area contributed by atoms with Crippen LogP contribution in [-0.4, -0.2) is 54.6 Å². The van der Waals surface area contributed by atoms with Crippen LogP contribution in [0.5, 0.6) is 0 Å². The van der Waals surface area contributed by atoms with Crippen LogP contribution in [0.1, 0.15) is 38.9 Å². The highest BCUT2D eigenvalue weighted by atomic mass is 35.5. The van der Waals surface area contributed by atoms with Gasteiger partial charge in [0.1, 0.15) is 0 Å². The number of nitrogens with zero attached hydrogens (tertiary/aromatic N) is 1. The number of rotatable bonds is 7. The average molecular weight is 344 g/mol. The molecule has 1 aliphatic heterocycles. The highest BCUT2D eigenvalue weighted by molar-refractivity contribution is 5.85. The normalized spacial score (nSPS) is 24.7. The van der Waals surface area contributed by atoms with Gasteiger partial charge in [-0.15, -0.1) is 12.4 Å².